The van der Waals surface area contributed by atoms with Crippen LogP contribution >= 0.6 is 0 Å². The second-order valence-electron chi connectivity index (χ2n) is 5.81. The van der Waals surface area contributed by atoms with Crippen molar-refractivity contribution in [1.29, 1.82) is 0 Å². The maximum Gasteiger partial charge on any atom is 0.0471 e. The lowest BCUT2D eigenvalue weighted by Gasteiger charge is -2.33. The minimum Gasteiger partial charge on any atom is -0.399 e. The standard InChI is InChI=1S/C15H22N2O/c16-14-3-1-13(2-4-14)11-17-8-5-15(12-17)6-9-18-10-7-15/h1-4H,5-12,16H2. The van der Waals surface area contributed by atoms with E-state index < -0.39 is 0 Å². The van der Waals surface area contributed by atoms with Crippen molar-refractivity contribution in [2.75, 3.05) is 32.0 Å². The Morgan fingerprint density at radius 1 is 1.11 bits per heavy atom. The van der Waals surface area contributed by atoms with E-state index in [1.54, 1.807) is 0 Å². The summed E-state index contributed by atoms with van der Waals surface area (Å²) in [6.45, 7) is 5.43. The van der Waals surface area contributed by atoms with E-state index in [0.717, 1.165) is 25.4 Å². The molecule has 0 amide bonds. The van der Waals surface area contributed by atoms with Crippen LogP contribution in [0.1, 0.15) is 24.8 Å². The van der Waals surface area contributed by atoms with E-state index in [-0.39, 0.29) is 0 Å². The van der Waals surface area contributed by atoms with Gasteiger partial charge < -0.3 is 10.5 Å². The third kappa shape index (κ3) is 2.52. The molecule has 98 valence electrons. The molecule has 3 rings (SSSR count). The second kappa shape index (κ2) is 4.90. The van der Waals surface area contributed by atoms with Crippen LogP contribution in [0.4, 0.5) is 5.69 Å². The third-order valence-electron chi connectivity index (χ3n) is 4.46. The minimum atomic E-state index is 0.548. The summed E-state index contributed by atoms with van der Waals surface area (Å²) in [4.78, 5) is 2.58. The van der Waals surface area contributed by atoms with E-state index in [1.807, 2.05) is 12.1 Å². The normalized spacial score (nSPS) is 23.6. The predicted octanol–water partition coefficient (Wildman–Crippen LogP) is 2.27. The highest BCUT2D eigenvalue weighted by atomic mass is 16.5. The summed E-state index contributed by atoms with van der Waals surface area (Å²) in [5.41, 5.74) is 8.48. The smallest absolute Gasteiger partial charge is 0.0471 e. The van der Waals surface area contributed by atoms with E-state index in [1.165, 1.54) is 37.9 Å². The van der Waals surface area contributed by atoms with E-state index in [9.17, 15) is 0 Å². The fourth-order valence-electron chi connectivity index (χ4n) is 3.26. The Kier molecular flexibility index (Phi) is 3.27. The molecule has 2 aliphatic heterocycles. The number of nitrogen functional groups attached to an aromatic ring is 1. The lowest BCUT2D eigenvalue weighted by atomic mass is 9.80. The van der Waals surface area contributed by atoms with Crippen molar-refractivity contribution in [3.8, 4) is 0 Å². The Balaban J connectivity index is 1.60. The number of likely N-dealkylation sites (tertiary alicyclic amines) is 1. The Labute approximate surface area is 109 Å². The lowest BCUT2D eigenvalue weighted by Crippen LogP contribution is -2.32. The van der Waals surface area contributed by atoms with Crippen molar-refractivity contribution in [3.63, 3.8) is 0 Å². The molecular formula is C15H22N2O. The van der Waals surface area contributed by atoms with Crippen molar-refractivity contribution in [2.24, 2.45) is 5.41 Å². The Morgan fingerprint density at radius 2 is 1.83 bits per heavy atom. The molecule has 2 fully saturated rings. The first kappa shape index (κ1) is 12.0. The van der Waals surface area contributed by atoms with Crippen LogP contribution in [0.25, 0.3) is 0 Å². The van der Waals surface area contributed by atoms with Gasteiger partial charge in [0.25, 0.3) is 0 Å². The number of hydrogen-bond acceptors (Lipinski definition) is 3. The fraction of sp³-hybridized carbons (Fsp3) is 0.600. The maximum absolute atomic E-state index is 5.72. The van der Waals surface area contributed by atoms with Gasteiger partial charge in [-0.3, -0.25) is 4.90 Å². The molecule has 2 aliphatic rings. The molecule has 0 unspecified atom stereocenters. The van der Waals surface area contributed by atoms with Gasteiger partial charge >= 0.3 is 0 Å². The zero-order valence-electron chi connectivity index (χ0n) is 10.9. The highest BCUT2D eigenvalue weighted by Gasteiger charge is 2.38. The van der Waals surface area contributed by atoms with Crippen LogP contribution in [-0.2, 0) is 11.3 Å². The van der Waals surface area contributed by atoms with E-state index in [4.69, 9.17) is 10.5 Å². The van der Waals surface area contributed by atoms with Gasteiger partial charge in [0, 0.05) is 32.0 Å². The van der Waals surface area contributed by atoms with E-state index in [0.29, 0.717) is 5.41 Å². The number of nitrogens with zero attached hydrogens (tertiary/aromatic N) is 1. The monoisotopic (exact) mass is 246 g/mol. The zero-order chi connectivity index (χ0) is 12.4. The summed E-state index contributed by atoms with van der Waals surface area (Å²) >= 11 is 0. The molecule has 18 heavy (non-hydrogen) atoms. The summed E-state index contributed by atoms with van der Waals surface area (Å²) < 4.78 is 5.49. The van der Waals surface area contributed by atoms with E-state index >= 15 is 0 Å². The van der Waals surface area contributed by atoms with Crippen LogP contribution in [0.5, 0.6) is 0 Å². The molecule has 0 saturated carbocycles. The number of nitrogens with two attached hydrogens (primary N) is 1. The van der Waals surface area contributed by atoms with Crippen LogP contribution < -0.4 is 5.73 Å². The molecular weight excluding hydrogens is 224 g/mol. The van der Waals surface area contributed by atoms with E-state index in [2.05, 4.69) is 17.0 Å². The zero-order valence-corrected chi connectivity index (χ0v) is 10.9. The van der Waals surface area contributed by atoms with Crippen LogP contribution in [-0.4, -0.2) is 31.2 Å². The van der Waals surface area contributed by atoms with Crippen LogP contribution in [0.2, 0.25) is 0 Å². The summed E-state index contributed by atoms with van der Waals surface area (Å²) in [5.74, 6) is 0. The summed E-state index contributed by atoms with van der Waals surface area (Å²) in [6.07, 6.45) is 3.82. The van der Waals surface area contributed by atoms with Crippen LogP contribution in [0, 0.1) is 5.41 Å². The first-order chi connectivity index (χ1) is 8.76. The molecule has 2 N–H and O–H groups in total. The predicted molar refractivity (Wildman–Crippen MR) is 73.2 cm³/mol. The van der Waals surface area contributed by atoms with Gasteiger partial charge in [-0.05, 0) is 48.9 Å². The van der Waals surface area contributed by atoms with Crippen LogP contribution in [0.3, 0.4) is 0 Å². The number of hydrogen-bond donors (Lipinski definition) is 1. The molecule has 1 aromatic rings. The highest BCUT2D eigenvalue weighted by molar-refractivity contribution is 5.39. The molecule has 1 spiro atoms. The Hall–Kier alpha value is -1.06. The molecule has 1 aromatic carbocycles. The number of anilines is 1. The Morgan fingerprint density at radius 3 is 2.56 bits per heavy atom. The first-order valence-electron chi connectivity index (χ1n) is 6.90. The van der Waals surface area contributed by atoms with Gasteiger partial charge in [-0.15, -0.1) is 0 Å². The van der Waals surface area contributed by atoms with Crippen molar-refractivity contribution in [2.45, 2.75) is 25.8 Å². The molecule has 0 radical (unpaired) electrons. The van der Waals surface area contributed by atoms with Gasteiger partial charge in [-0.25, -0.2) is 0 Å². The second-order valence-corrected chi connectivity index (χ2v) is 5.81. The molecule has 0 aromatic heterocycles. The van der Waals surface area contributed by atoms with Gasteiger partial charge in [0.15, 0.2) is 0 Å². The van der Waals surface area contributed by atoms with Crippen LogP contribution in [0.15, 0.2) is 24.3 Å². The maximum atomic E-state index is 5.72. The van der Waals surface area contributed by atoms with Crippen molar-refractivity contribution >= 4 is 5.69 Å². The highest BCUT2D eigenvalue weighted by Crippen LogP contribution is 2.40. The fourth-order valence-corrected chi connectivity index (χ4v) is 3.26. The molecule has 3 heteroatoms. The first-order valence-corrected chi connectivity index (χ1v) is 6.90. The number of ether oxygens (including phenoxy) is 1. The summed E-state index contributed by atoms with van der Waals surface area (Å²) in [7, 11) is 0. The molecule has 0 aliphatic carbocycles. The van der Waals surface area contributed by atoms with Gasteiger partial charge in [-0.1, -0.05) is 12.1 Å². The van der Waals surface area contributed by atoms with Crippen molar-refractivity contribution in [1.82, 2.24) is 4.90 Å². The minimum absolute atomic E-state index is 0.548. The van der Waals surface area contributed by atoms with Gasteiger partial charge in [-0.2, -0.15) is 0 Å². The molecule has 3 nitrogen and oxygen atoms in total. The average molecular weight is 246 g/mol. The summed E-state index contributed by atoms with van der Waals surface area (Å²) in [6, 6.07) is 8.28. The van der Waals surface area contributed by atoms with Gasteiger partial charge in [0.2, 0.25) is 0 Å². The number of benzene rings is 1. The molecule has 0 atom stereocenters. The largest absolute Gasteiger partial charge is 0.399 e. The third-order valence-corrected chi connectivity index (χ3v) is 4.46. The molecule has 0 bridgehead atoms. The molecule has 2 heterocycles. The van der Waals surface area contributed by atoms with Gasteiger partial charge in [0.1, 0.15) is 0 Å². The Bertz CT molecular complexity index is 395. The topological polar surface area (TPSA) is 38.5 Å². The number of rotatable bonds is 2. The van der Waals surface area contributed by atoms with Crippen molar-refractivity contribution in [3.05, 3.63) is 29.8 Å². The lowest BCUT2D eigenvalue weighted by molar-refractivity contribution is 0.0190. The molecule has 2 saturated heterocycles. The quantitative estimate of drug-likeness (QED) is 0.814. The van der Waals surface area contributed by atoms with Crippen molar-refractivity contribution < 1.29 is 4.74 Å². The SMILES string of the molecule is Nc1ccc(CN2CCC3(CCOCC3)C2)cc1. The summed E-state index contributed by atoms with van der Waals surface area (Å²) in [5, 5.41) is 0. The van der Waals surface area contributed by atoms with Gasteiger partial charge in [0.05, 0.1) is 0 Å². The average Bonchev–Trinajstić information content (AvgIpc) is 2.76.